The maximum Gasteiger partial charge on any atom is 0.319 e. The summed E-state index contributed by atoms with van der Waals surface area (Å²) in [6.45, 7) is 0.394. The van der Waals surface area contributed by atoms with Gasteiger partial charge in [-0.25, -0.2) is 4.79 Å². The number of methoxy groups -OCH3 is 1. The van der Waals surface area contributed by atoms with Crippen LogP contribution in [0.3, 0.4) is 0 Å². The first-order valence-corrected chi connectivity index (χ1v) is 7.49. The van der Waals surface area contributed by atoms with Crippen LogP contribution in [-0.4, -0.2) is 24.6 Å². The summed E-state index contributed by atoms with van der Waals surface area (Å²) in [6.07, 6.45) is 0.588. The summed E-state index contributed by atoms with van der Waals surface area (Å²) < 4.78 is 5.06. The van der Waals surface area contributed by atoms with Crippen molar-refractivity contribution in [2.45, 2.75) is 6.42 Å². The fourth-order valence-corrected chi connectivity index (χ4v) is 2.31. The Morgan fingerprint density at radius 2 is 2.04 bits per heavy atom. The van der Waals surface area contributed by atoms with E-state index >= 15 is 0 Å². The number of carbonyl (C=O) groups is 1. The standard InChI is InChI=1S/C16H16ClN3O4/c1-24-15-10-12(20(22)23)6-7-14(15)19-16(21)18-9-8-11-4-2-3-5-13(11)17/h2-7,10H,8-9H2,1H3,(H2,18,19,21). The summed E-state index contributed by atoms with van der Waals surface area (Å²) in [5, 5.41) is 16.7. The van der Waals surface area contributed by atoms with Crippen LogP contribution in [0.4, 0.5) is 16.2 Å². The summed E-state index contributed by atoms with van der Waals surface area (Å²) >= 11 is 6.05. The van der Waals surface area contributed by atoms with Crippen LogP contribution in [0, 0.1) is 10.1 Å². The number of amides is 2. The molecule has 0 aliphatic rings. The van der Waals surface area contributed by atoms with Gasteiger partial charge in [-0.2, -0.15) is 0 Å². The van der Waals surface area contributed by atoms with Gasteiger partial charge in [0.1, 0.15) is 5.75 Å². The minimum Gasteiger partial charge on any atom is -0.494 e. The number of carbonyl (C=O) groups excluding carboxylic acids is 1. The third kappa shape index (κ3) is 4.60. The minimum atomic E-state index is -0.532. The van der Waals surface area contributed by atoms with Gasteiger partial charge in [0, 0.05) is 17.6 Å². The molecule has 0 heterocycles. The quantitative estimate of drug-likeness (QED) is 0.615. The maximum absolute atomic E-state index is 11.9. The highest BCUT2D eigenvalue weighted by molar-refractivity contribution is 6.31. The molecule has 0 saturated carbocycles. The Morgan fingerprint density at radius 1 is 1.29 bits per heavy atom. The second-order valence-corrected chi connectivity index (χ2v) is 5.27. The number of anilines is 1. The van der Waals surface area contributed by atoms with E-state index < -0.39 is 11.0 Å². The smallest absolute Gasteiger partial charge is 0.319 e. The summed E-state index contributed by atoms with van der Waals surface area (Å²) in [5.41, 5.74) is 1.17. The van der Waals surface area contributed by atoms with Gasteiger partial charge in [-0.3, -0.25) is 10.1 Å². The number of nitro benzene ring substituents is 1. The van der Waals surface area contributed by atoms with E-state index in [0.29, 0.717) is 23.7 Å². The third-order valence-electron chi connectivity index (χ3n) is 3.28. The first-order chi connectivity index (χ1) is 11.5. The van der Waals surface area contributed by atoms with Gasteiger partial charge >= 0.3 is 6.03 Å². The van der Waals surface area contributed by atoms with Crippen molar-refractivity contribution < 1.29 is 14.5 Å². The summed E-state index contributed by atoms with van der Waals surface area (Å²) in [6, 6.07) is 10.9. The second-order valence-electron chi connectivity index (χ2n) is 4.86. The normalized spacial score (nSPS) is 10.1. The number of hydrogen-bond acceptors (Lipinski definition) is 4. The van der Waals surface area contributed by atoms with Crippen LogP contribution in [-0.2, 0) is 6.42 Å². The van der Waals surface area contributed by atoms with E-state index in [1.165, 1.54) is 25.3 Å². The van der Waals surface area contributed by atoms with Crippen molar-refractivity contribution in [2.75, 3.05) is 19.0 Å². The van der Waals surface area contributed by atoms with E-state index in [0.717, 1.165) is 5.56 Å². The zero-order valence-corrected chi connectivity index (χ0v) is 13.7. The van der Waals surface area contributed by atoms with E-state index in [4.69, 9.17) is 16.3 Å². The minimum absolute atomic E-state index is 0.114. The molecule has 0 unspecified atom stereocenters. The Labute approximate surface area is 143 Å². The first kappa shape index (κ1) is 17.6. The van der Waals surface area contributed by atoms with E-state index in [-0.39, 0.29) is 11.4 Å². The molecule has 2 aromatic rings. The van der Waals surface area contributed by atoms with Crippen LogP contribution in [0.15, 0.2) is 42.5 Å². The molecule has 2 aromatic carbocycles. The lowest BCUT2D eigenvalue weighted by Crippen LogP contribution is -2.30. The summed E-state index contributed by atoms with van der Waals surface area (Å²) in [5.74, 6) is 0.213. The molecule has 0 radical (unpaired) electrons. The van der Waals surface area contributed by atoms with Gasteiger partial charge in [0.2, 0.25) is 0 Å². The highest BCUT2D eigenvalue weighted by Gasteiger charge is 2.13. The number of nitrogens with one attached hydrogen (secondary N) is 2. The molecule has 0 atom stereocenters. The first-order valence-electron chi connectivity index (χ1n) is 7.12. The lowest BCUT2D eigenvalue weighted by atomic mass is 10.1. The molecule has 0 saturated heterocycles. The molecule has 0 aliphatic heterocycles. The monoisotopic (exact) mass is 349 g/mol. The van der Waals surface area contributed by atoms with Crippen molar-refractivity contribution >= 4 is 29.0 Å². The largest absolute Gasteiger partial charge is 0.494 e. The fourth-order valence-electron chi connectivity index (χ4n) is 2.08. The Hall–Kier alpha value is -2.80. The molecule has 7 nitrogen and oxygen atoms in total. The van der Waals surface area contributed by atoms with Crippen molar-refractivity contribution in [1.82, 2.24) is 5.32 Å². The number of non-ortho nitro benzene ring substituents is 1. The van der Waals surface area contributed by atoms with Gasteiger partial charge in [0.05, 0.1) is 23.8 Å². The number of hydrogen-bond donors (Lipinski definition) is 2. The van der Waals surface area contributed by atoms with Crippen LogP contribution in [0.1, 0.15) is 5.56 Å². The predicted molar refractivity (Wildman–Crippen MR) is 91.8 cm³/mol. The van der Waals surface area contributed by atoms with Crippen molar-refractivity contribution in [3.05, 3.63) is 63.2 Å². The number of urea groups is 1. The highest BCUT2D eigenvalue weighted by atomic mass is 35.5. The third-order valence-corrected chi connectivity index (χ3v) is 3.65. The molecular formula is C16H16ClN3O4. The predicted octanol–water partition coefficient (Wildman–Crippen LogP) is 3.62. The lowest BCUT2D eigenvalue weighted by molar-refractivity contribution is -0.384. The molecule has 0 aromatic heterocycles. The van der Waals surface area contributed by atoms with Crippen molar-refractivity contribution in [1.29, 1.82) is 0 Å². The SMILES string of the molecule is COc1cc([N+](=O)[O-])ccc1NC(=O)NCCc1ccccc1Cl. The maximum atomic E-state index is 11.9. The molecule has 126 valence electrons. The van der Waals surface area contributed by atoms with Crippen molar-refractivity contribution in [2.24, 2.45) is 0 Å². The molecule has 8 heteroatoms. The molecule has 0 fully saturated rings. The fraction of sp³-hybridized carbons (Fsp3) is 0.188. The summed E-state index contributed by atoms with van der Waals surface area (Å²) in [4.78, 5) is 22.1. The van der Waals surface area contributed by atoms with Gasteiger partial charge in [-0.05, 0) is 24.1 Å². The Balaban J connectivity index is 1.92. The van der Waals surface area contributed by atoms with E-state index in [9.17, 15) is 14.9 Å². The number of nitro groups is 1. The second kappa shape index (κ2) is 8.16. The lowest BCUT2D eigenvalue weighted by Gasteiger charge is -2.11. The topological polar surface area (TPSA) is 93.5 Å². The molecule has 2 rings (SSSR count). The van der Waals surface area contributed by atoms with Gasteiger partial charge in [0.15, 0.2) is 0 Å². The van der Waals surface area contributed by atoms with E-state index in [1.807, 2.05) is 18.2 Å². The van der Waals surface area contributed by atoms with Gasteiger partial charge in [-0.15, -0.1) is 0 Å². The van der Waals surface area contributed by atoms with Gasteiger partial charge < -0.3 is 15.4 Å². The molecule has 0 aliphatic carbocycles. The van der Waals surface area contributed by atoms with E-state index in [1.54, 1.807) is 6.07 Å². The zero-order chi connectivity index (χ0) is 17.5. The average molecular weight is 350 g/mol. The Morgan fingerprint density at radius 3 is 2.71 bits per heavy atom. The average Bonchev–Trinajstić information content (AvgIpc) is 2.56. The molecule has 2 N–H and O–H groups in total. The van der Waals surface area contributed by atoms with Crippen molar-refractivity contribution in [3.8, 4) is 5.75 Å². The van der Waals surface area contributed by atoms with Crippen LogP contribution < -0.4 is 15.4 Å². The van der Waals surface area contributed by atoms with Crippen LogP contribution in [0.5, 0.6) is 5.75 Å². The molecule has 0 spiro atoms. The summed E-state index contributed by atoms with van der Waals surface area (Å²) in [7, 11) is 1.37. The number of nitrogens with zero attached hydrogens (tertiary/aromatic N) is 1. The van der Waals surface area contributed by atoms with Crippen LogP contribution in [0.2, 0.25) is 5.02 Å². The van der Waals surface area contributed by atoms with Crippen molar-refractivity contribution in [3.63, 3.8) is 0 Å². The van der Waals surface area contributed by atoms with Crippen LogP contribution >= 0.6 is 11.6 Å². The van der Waals surface area contributed by atoms with Gasteiger partial charge in [-0.1, -0.05) is 29.8 Å². The number of ether oxygens (including phenoxy) is 1. The number of halogens is 1. The Kier molecular flexibility index (Phi) is 5.97. The van der Waals surface area contributed by atoms with Gasteiger partial charge in [0.25, 0.3) is 5.69 Å². The van der Waals surface area contributed by atoms with E-state index in [2.05, 4.69) is 10.6 Å². The Bertz CT molecular complexity index is 752. The number of benzene rings is 2. The molecular weight excluding hydrogens is 334 g/mol. The molecule has 0 bridgehead atoms. The number of rotatable bonds is 6. The molecule has 24 heavy (non-hydrogen) atoms. The molecule has 2 amide bonds. The zero-order valence-electron chi connectivity index (χ0n) is 12.9. The highest BCUT2D eigenvalue weighted by Crippen LogP contribution is 2.28. The van der Waals surface area contributed by atoms with Crippen LogP contribution in [0.25, 0.3) is 0 Å².